The highest BCUT2D eigenvalue weighted by atomic mass is 19.4. The van der Waals surface area contributed by atoms with Gasteiger partial charge in [-0.2, -0.15) is 13.2 Å². The summed E-state index contributed by atoms with van der Waals surface area (Å²) in [5.41, 5.74) is -1.89. The lowest BCUT2D eigenvalue weighted by Gasteiger charge is -2.36. The highest BCUT2D eigenvalue weighted by Gasteiger charge is 2.45. The van der Waals surface area contributed by atoms with Crippen molar-refractivity contribution < 1.29 is 42.2 Å². The van der Waals surface area contributed by atoms with E-state index in [1.165, 1.54) is 25.8 Å². The van der Waals surface area contributed by atoms with Gasteiger partial charge in [0.25, 0.3) is 11.8 Å². The number of hydrogen-bond acceptors (Lipinski definition) is 6. The van der Waals surface area contributed by atoms with Gasteiger partial charge < -0.3 is 25.0 Å². The Morgan fingerprint density at radius 3 is 2.11 bits per heavy atom. The van der Waals surface area contributed by atoms with E-state index in [9.17, 15) is 37.5 Å². The molecule has 1 aliphatic rings. The molecule has 200 valence electrons. The van der Waals surface area contributed by atoms with Crippen LogP contribution >= 0.6 is 0 Å². The van der Waals surface area contributed by atoms with Crippen LogP contribution < -0.4 is 5.32 Å². The molecule has 13 heteroatoms. The predicted octanol–water partition coefficient (Wildman–Crippen LogP) is 1.83. The molecule has 1 aliphatic heterocycles. The first kappa shape index (κ1) is 30.2. The maximum atomic E-state index is 13.3. The monoisotopic (exact) mass is 508 g/mol. The van der Waals surface area contributed by atoms with Gasteiger partial charge in [0.15, 0.2) is 0 Å². The third-order valence-corrected chi connectivity index (χ3v) is 5.98. The van der Waals surface area contributed by atoms with E-state index >= 15 is 0 Å². The Labute approximate surface area is 202 Å². The number of carboxylic acids is 1. The third-order valence-electron chi connectivity index (χ3n) is 5.98. The number of methoxy groups -OCH3 is 1. The molecule has 0 aromatic carbocycles. The van der Waals surface area contributed by atoms with Gasteiger partial charge in [0.05, 0.1) is 13.5 Å². The van der Waals surface area contributed by atoms with Gasteiger partial charge in [0.1, 0.15) is 17.6 Å². The van der Waals surface area contributed by atoms with E-state index in [1.807, 2.05) is 0 Å². The first-order chi connectivity index (χ1) is 16.1. The second kappa shape index (κ2) is 12.2. The minimum Gasteiger partial charge on any atom is -0.481 e. The second-order valence-electron chi connectivity index (χ2n) is 9.04. The van der Waals surface area contributed by atoms with Crippen molar-refractivity contribution in [3.63, 3.8) is 0 Å². The van der Waals surface area contributed by atoms with Crippen LogP contribution in [0.3, 0.4) is 0 Å². The fourth-order valence-electron chi connectivity index (χ4n) is 3.95. The van der Waals surface area contributed by atoms with Gasteiger partial charge in [-0.25, -0.2) is 4.99 Å². The summed E-state index contributed by atoms with van der Waals surface area (Å²) in [7, 11) is 2.05. The van der Waals surface area contributed by atoms with Crippen LogP contribution in [0, 0.1) is 5.92 Å². The van der Waals surface area contributed by atoms with Crippen molar-refractivity contribution in [3.05, 3.63) is 0 Å². The Kier molecular flexibility index (Phi) is 10.5. The molecule has 0 aromatic rings. The average Bonchev–Trinajstić information content (AvgIpc) is 3.29. The molecule has 0 radical (unpaired) electrons. The Hall–Kier alpha value is -2.86. The van der Waals surface area contributed by atoms with Crippen molar-refractivity contribution in [1.82, 2.24) is 15.1 Å². The smallest absolute Gasteiger partial charge is 0.468 e. The molecule has 1 fully saturated rings. The van der Waals surface area contributed by atoms with Crippen molar-refractivity contribution in [3.8, 4) is 0 Å². The number of carboxylic acid groups (broad SMARTS) is 1. The molecule has 0 bridgehead atoms. The number of carbonyl (C=O) groups excluding carboxylic acids is 3. The maximum Gasteiger partial charge on any atom is 0.468 e. The van der Waals surface area contributed by atoms with E-state index in [0.29, 0.717) is 13.1 Å². The van der Waals surface area contributed by atoms with Crippen LogP contribution in [-0.4, -0.2) is 95.5 Å². The highest BCUT2D eigenvalue weighted by Crippen LogP contribution is 2.26. The van der Waals surface area contributed by atoms with Gasteiger partial charge in [0, 0.05) is 20.1 Å². The van der Waals surface area contributed by atoms with Gasteiger partial charge >= 0.3 is 12.1 Å². The van der Waals surface area contributed by atoms with Gasteiger partial charge in [-0.05, 0) is 32.1 Å². The molecule has 3 atom stereocenters. The fourth-order valence-corrected chi connectivity index (χ4v) is 3.95. The predicted molar refractivity (Wildman–Crippen MR) is 121 cm³/mol. The number of likely N-dealkylation sites (tertiary alicyclic amines) is 1. The van der Waals surface area contributed by atoms with Gasteiger partial charge in [0.2, 0.25) is 11.8 Å². The Bertz CT molecular complexity index is 826. The van der Waals surface area contributed by atoms with Crippen LogP contribution in [0.5, 0.6) is 0 Å². The van der Waals surface area contributed by atoms with Crippen molar-refractivity contribution in [2.75, 3.05) is 27.2 Å². The molecule has 0 aliphatic carbocycles. The highest BCUT2D eigenvalue weighted by molar-refractivity contribution is 5.96. The number of amides is 3. The van der Waals surface area contributed by atoms with E-state index in [2.05, 4.69) is 15.0 Å². The normalized spacial score (nSPS) is 18.0. The minimum atomic E-state index is -4.92. The number of rotatable bonds is 10. The molecule has 0 spiro atoms. The largest absolute Gasteiger partial charge is 0.481 e. The van der Waals surface area contributed by atoms with Crippen LogP contribution in [0.2, 0.25) is 0 Å². The van der Waals surface area contributed by atoms with E-state index in [4.69, 9.17) is 0 Å². The van der Waals surface area contributed by atoms with Crippen molar-refractivity contribution >= 4 is 29.6 Å². The van der Waals surface area contributed by atoms with E-state index in [-0.39, 0.29) is 6.42 Å². The number of hydrogen-bond donors (Lipinski definition) is 2. The molecule has 10 nitrogen and oxygen atoms in total. The first-order valence-corrected chi connectivity index (χ1v) is 11.4. The van der Waals surface area contributed by atoms with Crippen molar-refractivity contribution in [2.24, 2.45) is 10.9 Å². The van der Waals surface area contributed by atoms with Crippen molar-refractivity contribution in [2.45, 2.75) is 77.2 Å². The molecule has 1 unspecified atom stereocenters. The number of carbonyl (C=O) groups is 4. The molecule has 2 N–H and O–H groups in total. The maximum absolute atomic E-state index is 13.3. The number of aliphatic imine (C=N–C) groups is 1. The molecule has 1 rings (SSSR count). The SMILES string of the molecule is CCC(C)(N=C(OC)C(F)(F)F)C(=O)N(C)[C@H](C(=O)N[C@@H](CC(=O)O)C(=O)N1CCCC1)C(C)C. The molecular weight excluding hydrogens is 473 g/mol. The van der Waals surface area contributed by atoms with E-state index in [0.717, 1.165) is 24.9 Å². The van der Waals surface area contributed by atoms with Crippen LogP contribution in [0.15, 0.2) is 4.99 Å². The number of ether oxygens (including phenoxy) is 1. The quantitative estimate of drug-likeness (QED) is 0.342. The first-order valence-electron chi connectivity index (χ1n) is 11.4. The summed E-state index contributed by atoms with van der Waals surface area (Å²) in [6.45, 7) is 6.81. The zero-order valence-electron chi connectivity index (χ0n) is 20.9. The average molecular weight is 509 g/mol. The van der Waals surface area contributed by atoms with Gasteiger partial charge in [-0.15, -0.1) is 0 Å². The van der Waals surface area contributed by atoms with Gasteiger partial charge in [-0.1, -0.05) is 20.8 Å². The second-order valence-corrected chi connectivity index (χ2v) is 9.04. The number of nitrogens with one attached hydrogen (secondary N) is 1. The summed E-state index contributed by atoms with van der Waals surface area (Å²) in [5.74, 6) is -5.58. The summed E-state index contributed by atoms with van der Waals surface area (Å²) < 4.78 is 43.9. The standard InChI is InChI=1S/C22H35F3N4O6/c1-7-21(4,27-19(35-6)22(23,24)25)20(34)28(5)16(13(2)3)17(32)26-14(12-15(30)31)18(33)29-10-8-9-11-29/h13-14,16H,7-12H2,1-6H3,(H,26,32)(H,30,31)/t14-,16-,21?/m0/s1. The Morgan fingerprint density at radius 2 is 1.71 bits per heavy atom. The lowest BCUT2D eigenvalue weighted by atomic mass is 9.94. The molecule has 1 heterocycles. The lowest BCUT2D eigenvalue weighted by molar-refractivity contribution is -0.147. The minimum absolute atomic E-state index is 0.124. The summed E-state index contributed by atoms with van der Waals surface area (Å²) in [4.78, 5) is 56.6. The number of nitrogens with zero attached hydrogens (tertiary/aromatic N) is 3. The number of halogens is 3. The number of alkyl halides is 3. The Balaban J connectivity index is 3.24. The van der Waals surface area contributed by atoms with Crippen LogP contribution in [0.4, 0.5) is 13.2 Å². The molecule has 1 saturated heterocycles. The van der Waals surface area contributed by atoms with Crippen molar-refractivity contribution in [1.29, 1.82) is 0 Å². The van der Waals surface area contributed by atoms with E-state index in [1.54, 1.807) is 13.8 Å². The third kappa shape index (κ3) is 7.82. The molecule has 35 heavy (non-hydrogen) atoms. The summed E-state index contributed by atoms with van der Waals surface area (Å²) in [6, 6.07) is -2.55. The number of aliphatic carboxylic acids is 1. The summed E-state index contributed by atoms with van der Waals surface area (Å²) in [6.07, 6.45) is -4.16. The van der Waals surface area contributed by atoms with Crippen LogP contribution in [0.25, 0.3) is 0 Å². The zero-order valence-corrected chi connectivity index (χ0v) is 20.9. The topological polar surface area (TPSA) is 129 Å². The summed E-state index contributed by atoms with van der Waals surface area (Å²) in [5, 5.41) is 11.7. The van der Waals surface area contributed by atoms with Crippen LogP contribution in [-0.2, 0) is 23.9 Å². The lowest BCUT2D eigenvalue weighted by Crippen LogP contribution is -2.59. The number of likely N-dealkylation sites (N-methyl/N-ethyl adjacent to an activating group) is 1. The van der Waals surface area contributed by atoms with E-state index < -0.39 is 65.7 Å². The fraction of sp³-hybridized carbons (Fsp3) is 0.773. The Morgan fingerprint density at radius 1 is 1.17 bits per heavy atom. The van der Waals surface area contributed by atoms with Crippen LogP contribution in [0.1, 0.15) is 53.4 Å². The molecule has 0 saturated carbocycles. The zero-order chi connectivity index (χ0) is 27.1. The molecule has 3 amide bonds. The molecule has 0 aromatic heterocycles. The molecular formula is C22H35F3N4O6. The summed E-state index contributed by atoms with van der Waals surface area (Å²) >= 11 is 0. The van der Waals surface area contributed by atoms with Gasteiger partial charge in [-0.3, -0.25) is 19.2 Å².